The van der Waals surface area contributed by atoms with Crippen LogP contribution in [0.2, 0.25) is 10.0 Å². The fourth-order valence-corrected chi connectivity index (χ4v) is 2.78. The lowest BCUT2D eigenvalue weighted by Crippen LogP contribution is -2.49. The summed E-state index contributed by atoms with van der Waals surface area (Å²) >= 11 is 11.6. The molecule has 0 aromatic heterocycles. The number of carbonyl (C=O) groups is 3. The van der Waals surface area contributed by atoms with E-state index in [4.69, 9.17) is 27.9 Å². The van der Waals surface area contributed by atoms with Gasteiger partial charge in [-0.25, -0.2) is 9.18 Å². The Bertz CT molecular complexity index is 939. The molecule has 30 heavy (non-hydrogen) atoms. The van der Waals surface area contributed by atoms with E-state index in [0.717, 1.165) is 17.7 Å². The number of nitrogens with one attached hydrogen (secondary N) is 2. The number of esters is 1. The zero-order valence-electron chi connectivity index (χ0n) is 15.8. The number of benzene rings is 2. The van der Waals surface area contributed by atoms with Crippen molar-refractivity contribution in [3.05, 3.63) is 69.5 Å². The van der Waals surface area contributed by atoms with Crippen LogP contribution in [0.25, 0.3) is 0 Å². The zero-order valence-corrected chi connectivity index (χ0v) is 17.3. The predicted molar refractivity (Wildman–Crippen MR) is 109 cm³/mol. The van der Waals surface area contributed by atoms with Crippen molar-refractivity contribution in [1.29, 1.82) is 0 Å². The van der Waals surface area contributed by atoms with Crippen LogP contribution in [0.4, 0.5) is 4.39 Å². The first-order chi connectivity index (χ1) is 14.2. The second-order valence-corrected chi connectivity index (χ2v) is 7.20. The van der Waals surface area contributed by atoms with E-state index >= 15 is 0 Å². The van der Waals surface area contributed by atoms with Crippen molar-refractivity contribution in [3.63, 3.8) is 0 Å². The van der Waals surface area contributed by atoms with Crippen molar-refractivity contribution in [2.75, 3.05) is 6.61 Å². The summed E-state index contributed by atoms with van der Waals surface area (Å²) in [5, 5.41) is 15.2. The van der Waals surface area contributed by atoms with Crippen molar-refractivity contribution < 1.29 is 28.6 Å². The molecule has 3 N–H and O–H groups in total. The van der Waals surface area contributed by atoms with Gasteiger partial charge in [-0.1, -0.05) is 35.3 Å². The molecule has 0 aliphatic rings. The largest absolute Gasteiger partial charge is 0.454 e. The van der Waals surface area contributed by atoms with Gasteiger partial charge in [0.2, 0.25) is 0 Å². The van der Waals surface area contributed by atoms with Crippen LogP contribution in [0.15, 0.2) is 42.5 Å². The highest BCUT2D eigenvalue weighted by Crippen LogP contribution is 2.15. The Balaban J connectivity index is 1.91. The van der Waals surface area contributed by atoms with Crippen LogP contribution in [-0.4, -0.2) is 41.6 Å². The van der Waals surface area contributed by atoms with Crippen LogP contribution >= 0.6 is 23.2 Å². The lowest BCUT2D eigenvalue weighted by molar-refractivity contribution is -0.152. The van der Waals surface area contributed by atoms with Crippen LogP contribution < -0.4 is 10.6 Å². The van der Waals surface area contributed by atoms with E-state index in [0.29, 0.717) is 5.02 Å². The van der Waals surface area contributed by atoms with Gasteiger partial charge >= 0.3 is 5.97 Å². The Labute approximate surface area is 182 Å². The molecule has 7 nitrogen and oxygen atoms in total. The number of hydrogen-bond acceptors (Lipinski definition) is 5. The molecule has 2 aromatic carbocycles. The molecular weight excluding hydrogens is 438 g/mol. The number of halogens is 3. The van der Waals surface area contributed by atoms with E-state index in [-0.39, 0.29) is 11.6 Å². The topological polar surface area (TPSA) is 105 Å². The second-order valence-electron chi connectivity index (χ2n) is 6.33. The molecule has 0 bridgehead atoms. The van der Waals surface area contributed by atoms with Crippen molar-refractivity contribution in [3.8, 4) is 0 Å². The maximum Gasteiger partial charge on any atom is 0.331 e. The molecule has 0 saturated heterocycles. The molecule has 0 saturated carbocycles. The summed E-state index contributed by atoms with van der Waals surface area (Å²) in [4.78, 5) is 36.3. The van der Waals surface area contributed by atoms with Crippen molar-refractivity contribution in [2.45, 2.75) is 25.6 Å². The van der Waals surface area contributed by atoms with Gasteiger partial charge in [0, 0.05) is 16.6 Å². The van der Waals surface area contributed by atoms with Gasteiger partial charge in [0.1, 0.15) is 5.82 Å². The number of aliphatic hydroxyl groups excluding tert-OH is 1. The van der Waals surface area contributed by atoms with Gasteiger partial charge in [-0.2, -0.15) is 0 Å². The van der Waals surface area contributed by atoms with E-state index in [2.05, 4.69) is 10.6 Å². The van der Waals surface area contributed by atoms with Crippen LogP contribution in [0.5, 0.6) is 0 Å². The SMILES string of the molecule is C[C@H](O)[C@H](NC(=O)c1cc(Cl)ccc1F)C(=O)OCC(=O)NCc1cccc(Cl)c1. The Morgan fingerprint density at radius 3 is 2.50 bits per heavy atom. The standard InChI is InChI=1S/C20H19Cl2FN2O5/c1-11(26)18(25-19(28)15-8-14(22)5-6-16(15)23)20(29)30-10-17(27)24-9-12-3-2-4-13(21)7-12/h2-8,11,18,26H,9-10H2,1H3,(H,24,27)(H,25,28)/t11-,18-/m0/s1. The number of ether oxygens (including phenoxy) is 1. The first kappa shape index (κ1) is 23.6. The fraction of sp³-hybridized carbons (Fsp3) is 0.250. The van der Waals surface area contributed by atoms with Gasteiger partial charge < -0.3 is 20.5 Å². The third kappa shape index (κ3) is 6.98. The van der Waals surface area contributed by atoms with Crippen LogP contribution in [-0.2, 0) is 20.9 Å². The lowest BCUT2D eigenvalue weighted by Gasteiger charge is -2.20. The molecule has 2 rings (SSSR count). The summed E-state index contributed by atoms with van der Waals surface area (Å²) < 4.78 is 18.7. The predicted octanol–water partition coefficient (Wildman–Crippen LogP) is 2.47. The summed E-state index contributed by atoms with van der Waals surface area (Å²) in [5.41, 5.74) is 0.347. The van der Waals surface area contributed by atoms with Gasteiger partial charge in [0.15, 0.2) is 12.6 Å². The minimum atomic E-state index is -1.52. The van der Waals surface area contributed by atoms with Crippen molar-refractivity contribution in [2.24, 2.45) is 0 Å². The third-order valence-corrected chi connectivity index (χ3v) is 4.39. The molecule has 0 spiro atoms. The van der Waals surface area contributed by atoms with Gasteiger partial charge in [-0.15, -0.1) is 0 Å². The Kier molecular flexibility index (Phi) is 8.58. The molecule has 0 aliphatic heterocycles. The average Bonchev–Trinajstić information content (AvgIpc) is 2.70. The maximum atomic E-state index is 13.8. The summed E-state index contributed by atoms with van der Waals surface area (Å²) in [6.07, 6.45) is -1.36. The van der Waals surface area contributed by atoms with Gasteiger partial charge in [0.25, 0.3) is 11.8 Å². The van der Waals surface area contributed by atoms with E-state index in [1.54, 1.807) is 24.3 Å². The smallest absolute Gasteiger partial charge is 0.331 e. The average molecular weight is 457 g/mol. The molecular formula is C20H19Cl2FN2O5. The van der Waals surface area contributed by atoms with Gasteiger partial charge in [-0.3, -0.25) is 9.59 Å². The molecule has 0 heterocycles. The van der Waals surface area contributed by atoms with Crippen LogP contribution in [0.3, 0.4) is 0 Å². The molecule has 0 unspecified atom stereocenters. The summed E-state index contributed by atoms with van der Waals surface area (Å²) in [7, 11) is 0. The molecule has 0 aliphatic carbocycles. The lowest BCUT2D eigenvalue weighted by atomic mass is 10.1. The molecule has 2 atom stereocenters. The van der Waals surface area contributed by atoms with E-state index in [1.165, 1.54) is 13.0 Å². The monoisotopic (exact) mass is 456 g/mol. The summed E-state index contributed by atoms with van der Waals surface area (Å²) in [6.45, 7) is 0.769. The maximum absolute atomic E-state index is 13.8. The first-order valence-corrected chi connectivity index (χ1v) is 9.54. The van der Waals surface area contributed by atoms with Gasteiger partial charge in [0.05, 0.1) is 11.7 Å². The Morgan fingerprint density at radius 2 is 1.83 bits per heavy atom. The number of hydrogen-bond donors (Lipinski definition) is 3. The van der Waals surface area contributed by atoms with Crippen LogP contribution in [0, 0.1) is 5.82 Å². The van der Waals surface area contributed by atoms with Crippen molar-refractivity contribution in [1.82, 2.24) is 10.6 Å². The Morgan fingerprint density at radius 1 is 1.13 bits per heavy atom. The minimum Gasteiger partial charge on any atom is -0.454 e. The highest BCUT2D eigenvalue weighted by Gasteiger charge is 2.29. The molecule has 160 valence electrons. The quantitative estimate of drug-likeness (QED) is 0.529. The number of aliphatic hydroxyl groups is 1. The van der Waals surface area contributed by atoms with E-state index in [1.807, 2.05) is 0 Å². The van der Waals surface area contributed by atoms with Crippen LogP contribution in [0.1, 0.15) is 22.8 Å². The molecule has 2 aromatic rings. The summed E-state index contributed by atoms with van der Waals surface area (Å²) in [6, 6.07) is 8.66. The fourth-order valence-electron chi connectivity index (χ4n) is 2.39. The normalized spacial score (nSPS) is 12.6. The number of carbonyl (C=O) groups excluding carboxylic acids is 3. The Hall–Kier alpha value is -2.68. The molecule has 10 heteroatoms. The van der Waals surface area contributed by atoms with E-state index in [9.17, 15) is 23.9 Å². The minimum absolute atomic E-state index is 0.120. The number of rotatable bonds is 8. The molecule has 2 amide bonds. The molecule has 0 radical (unpaired) electrons. The second kappa shape index (κ2) is 10.9. The van der Waals surface area contributed by atoms with Gasteiger partial charge in [-0.05, 0) is 42.8 Å². The highest BCUT2D eigenvalue weighted by atomic mass is 35.5. The first-order valence-electron chi connectivity index (χ1n) is 8.79. The van der Waals surface area contributed by atoms with E-state index < -0.39 is 47.9 Å². The third-order valence-electron chi connectivity index (χ3n) is 3.92. The molecule has 0 fully saturated rings. The highest BCUT2D eigenvalue weighted by molar-refractivity contribution is 6.31. The summed E-state index contributed by atoms with van der Waals surface area (Å²) in [5.74, 6) is -3.48. The zero-order chi connectivity index (χ0) is 22.3. The number of amides is 2. The van der Waals surface area contributed by atoms with Crippen molar-refractivity contribution >= 4 is 41.0 Å².